The second-order valence-electron chi connectivity index (χ2n) is 18.6. The molecular weight excluding hydrogens is 952 g/mol. The second-order valence-corrected chi connectivity index (χ2v) is 18.6. The monoisotopic (exact) mass is 996 g/mol. The number of aromatic nitrogens is 2. The summed E-state index contributed by atoms with van der Waals surface area (Å²) in [5, 5.41) is 2.24. The van der Waals surface area contributed by atoms with Gasteiger partial charge in [-0.25, -0.2) is 4.98 Å². The molecule has 7 aromatic carbocycles. The topological polar surface area (TPSA) is 33.5 Å². The fourth-order valence-electron chi connectivity index (χ4n) is 10.8. The molecule has 0 fully saturated rings. The van der Waals surface area contributed by atoms with Crippen molar-refractivity contribution in [3.63, 3.8) is 0 Å². The average Bonchev–Trinajstić information content (AvgIpc) is 3.81. The largest absolute Gasteiger partial charge is 0.509 e. The van der Waals surface area contributed by atoms with Crippen molar-refractivity contribution in [2.45, 2.75) is 50.9 Å². The van der Waals surface area contributed by atoms with Gasteiger partial charge < -0.3 is 19.1 Å². The Hall–Kier alpha value is -6.42. The average molecular weight is 997 g/mol. The van der Waals surface area contributed by atoms with E-state index >= 15 is 0 Å². The molecule has 2 aliphatic heterocycles. The maximum absolute atomic E-state index is 6.87. The number of fused-ring (bicyclic) bond motifs is 11. The molecule has 0 saturated carbocycles. The van der Waals surface area contributed by atoms with Gasteiger partial charge in [0.1, 0.15) is 5.82 Å². The predicted octanol–water partition coefficient (Wildman–Crippen LogP) is 13.6. The summed E-state index contributed by atoms with van der Waals surface area (Å²) >= 11 is 0. The maximum Gasteiger partial charge on any atom is 0.135 e. The predicted molar refractivity (Wildman–Crippen MR) is 252 cm³/mol. The van der Waals surface area contributed by atoms with Gasteiger partial charge >= 0.3 is 0 Å². The molecule has 1 spiro atoms. The number of nitrogens with zero attached hydrogens (tertiary/aromatic N) is 4. The number of hydrogen-bond acceptors (Lipinski definition) is 4. The molecule has 0 bridgehead atoms. The van der Waals surface area contributed by atoms with Gasteiger partial charge in [-0.05, 0) is 86.6 Å². The van der Waals surface area contributed by atoms with Crippen molar-refractivity contribution in [3.8, 4) is 28.4 Å². The van der Waals surface area contributed by atoms with Crippen LogP contribution in [-0.4, -0.2) is 16.6 Å². The summed E-state index contributed by atoms with van der Waals surface area (Å²) in [6, 6.07) is 62.6. The number of rotatable bonds is 4. The van der Waals surface area contributed by atoms with Crippen LogP contribution in [-0.2, 0) is 37.3 Å². The Morgan fingerprint density at radius 1 is 0.651 bits per heavy atom. The van der Waals surface area contributed by atoms with Gasteiger partial charge in [-0.3, -0.25) is 0 Å². The zero-order chi connectivity index (χ0) is 42.1. The van der Waals surface area contributed by atoms with Crippen LogP contribution in [0, 0.1) is 18.8 Å². The van der Waals surface area contributed by atoms with Crippen molar-refractivity contribution in [1.82, 2.24) is 9.55 Å². The number of hydrogen-bond donors (Lipinski definition) is 0. The molecule has 312 valence electrons. The third kappa shape index (κ3) is 5.55. The van der Waals surface area contributed by atoms with Crippen LogP contribution in [0.25, 0.3) is 38.8 Å². The van der Waals surface area contributed by atoms with Crippen molar-refractivity contribution in [2.24, 2.45) is 0 Å². The van der Waals surface area contributed by atoms with Gasteiger partial charge in [-0.15, -0.1) is 35.2 Å². The summed E-state index contributed by atoms with van der Waals surface area (Å²) in [4.78, 5) is 9.32. The minimum atomic E-state index is -0.701. The van der Waals surface area contributed by atoms with E-state index in [4.69, 9.17) is 9.72 Å². The van der Waals surface area contributed by atoms with E-state index in [1.807, 2.05) is 30.5 Å². The van der Waals surface area contributed by atoms with Crippen molar-refractivity contribution in [1.29, 1.82) is 0 Å². The SMILES string of the molecule is CN1[CH-]N2c3[c-]c(Oc4[c-]c5c(cc4)c4ccccc4n5-c4ccccn4)ccc3C3(c4cc(C(C)(C)C)ccc4C(C)(C)c4cccc(-c5ccccc5)c43)c3cccc1c32.[Pt]. The molecule has 0 saturated heterocycles. The van der Waals surface area contributed by atoms with E-state index in [2.05, 4.69) is 202 Å². The summed E-state index contributed by atoms with van der Waals surface area (Å²) in [6.07, 6.45) is 1.83. The van der Waals surface area contributed by atoms with E-state index in [9.17, 15) is 0 Å². The quantitative estimate of drug-likeness (QED) is 0.165. The third-order valence-corrected chi connectivity index (χ3v) is 13.7. The molecule has 6 heteroatoms. The van der Waals surface area contributed by atoms with Crippen molar-refractivity contribution in [3.05, 3.63) is 216 Å². The van der Waals surface area contributed by atoms with Crippen LogP contribution in [0.4, 0.5) is 17.1 Å². The first-order chi connectivity index (χ1) is 30.0. The van der Waals surface area contributed by atoms with Gasteiger partial charge in [0.25, 0.3) is 0 Å². The normalized spacial score (nSPS) is 16.7. The van der Waals surface area contributed by atoms with Crippen molar-refractivity contribution < 1.29 is 25.8 Å². The summed E-state index contributed by atoms with van der Waals surface area (Å²) in [6.45, 7) is 14.0. The van der Waals surface area contributed by atoms with E-state index in [-0.39, 0.29) is 31.9 Å². The minimum absolute atomic E-state index is 0. The molecule has 2 aromatic heterocycles. The number of pyridine rings is 1. The van der Waals surface area contributed by atoms with Gasteiger partial charge in [0.2, 0.25) is 0 Å². The Bertz CT molecular complexity index is 3290. The third-order valence-electron chi connectivity index (χ3n) is 13.7. The van der Waals surface area contributed by atoms with Crippen LogP contribution in [0.15, 0.2) is 158 Å². The number of para-hydroxylation sites is 2. The Balaban J connectivity index is 0.00000444. The fraction of sp³-hybridized carbons (Fsp3) is 0.158. The van der Waals surface area contributed by atoms with E-state index in [0.29, 0.717) is 11.5 Å². The first kappa shape index (κ1) is 39.4. The first-order valence-corrected chi connectivity index (χ1v) is 21.5. The van der Waals surface area contributed by atoms with Crippen LogP contribution in [0.1, 0.15) is 73.6 Å². The fourth-order valence-corrected chi connectivity index (χ4v) is 10.8. The molecule has 9 aromatic rings. The molecule has 1 atom stereocenters. The molecule has 1 unspecified atom stereocenters. The van der Waals surface area contributed by atoms with Crippen LogP contribution in [0.3, 0.4) is 0 Å². The molecule has 12 rings (SSSR count). The minimum Gasteiger partial charge on any atom is -0.509 e. The van der Waals surface area contributed by atoms with Gasteiger partial charge in [0, 0.05) is 66.5 Å². The van der Waals surface area contributed by atoms with Crippen LogP contribution in [0.2, 0.25) is 0 Å². The maximum atomic E-state index is 6.87. The second kappa shape index (κ2) is 14.0. The zero-order valence-electron chi connectivity index (χ0n) is 36.1. The van der Waals surface area contributed by atoms with E-state index in [1.165, 1.54) is 55.8 Å². The van der Waals surface area contributed by atoms with Gasteiger partial charge in [-0.1, -0.05) is 149 Å². The van der Waals surface area contributed by atoms with Crippen molar-refractivity contribution >= 4 is 38.9 Å². The van der Waals surface area contributed by atoms with Crippen LogP contribution < -0.4 is 14.5 Å². The molecule has 0 amide bonds. The Labute approximate surface area is 383 Å². The molecule has 3 aliphatic rings. The molecule has 4 heterocycles. The molecular formula is C57H45N4OPt-3. The van der Waals surface area contributed by atoms with E-state index < -0.39 is 5.41 Å². The molecule has 1 aliphatic carbocycles. The zero-order valence-corrected chi connectivity index (χ0v) is 38.4. The summed E-state index contributed by atoms with van der Waals surface area (Å²) in [5.41, 5.74) is 15.7. The molecule has 63 heavy (non-hydrogen) atoms. The summed E-state index contributed by atoms with van der Waals surface area (Å²) < 4.78 is 9.04. The number of ether oxygens (including phenoxy) is 1. The Kier molecular flexibility index (Phi) is 8.79. The number of benzene rings is 7. The van der Waals surface area contributed by atoms with Crippen molar-refractivity contribution in [2.75, 3.05) is 16.8 Å². The van der Waals surface area contributed by atoms with E-state index in [1.54, 1.807) is 0 Å². The number of anilines is 3. The molecule has 5 nitrogen and oxygen atoms in total. The summed E-state index contributed by atoms with van der Waals surface area (Å²) in [7, 11) is 2.14. The van der Waals surface area contributed by atoms with Crippen LogP contribution >= 0.6 is 0 Å². The standard InChI is InChI=1S/C57H45N4O.Pt/c1-55(2,3)37-25-29-43-47(32-37)57(53-40(36-16-8-7-9-17-36)19-14-20-45(53)56(43,4)5)44-30-27-39(34-51(44)60-35-59(6)49-23-15-21-46(57)54(49)60)62-38-26-28-42-41-18-10-11-22-48(41)61(50(42)33-38)52-24-12-13-31-58-52;/h7-32,35H,1-6H3;/q-3;. The Morgan fingerprint density at radius 2 is 1.38 bits per heavy atom. The first-order valence-electron chi connectivity index (χ1n) is 21.5. The van der Waals surface area contributed by atoms with Crippen LogP contribution in [0.5, 0.6) is 11.5 Å². The Morgan fingerprint density at radius 3 is 2.19 bits per heavy atom. The molecule has 0 N–H and O–H groups in total. The van der Waals surface area contributed by atoms with Gasteiger partial charge in [0.15, 0.2) is 0 Å². The van der Waals surface area contributed by atoms with Gasteiger partial charge in [0.05, 0.1) is 0 Å². The summed E-state index contributed by atoms with van der Waals surface area (Å²) in [5.74, 6) is 2.07. The molecule has 0 radical (unpaired) electrons. The smallest absolute Gasteiger partial charge is 0.135 e. The van der Waals surface area contributed by atoms with E-state index in [0.717, 1.165) is 39.0 Å². The van der Waals surface area contributed by atoms with Gasteiger partial charge in [-0.2, -0.15) is 18.8 Å².